The molecule has 1 N–H and O–H groups in total. The van der Waals surface area contributed by atoms with E-state index in [4.69, 9.17) is 4.74 Å². The molecule has 1 unspecified atom stereocenters. The second-order valence-electron chi connectivity index (χ2n) is 4.06. The van der Waals surface area contributed by atoms with Crippen LogP contribution in [0.25, 0.3) is 0 Å². The molecule has 1 atom stereocenters. The van der Waals surface area contributed by atoms with E-state index in [0.717, 1.165) is 12.5 Å². The highest BCUT2D eigenvalue weighted by atomic mass is 16.5. The number of methoxy groups -OCH3 is 1. The van der Waals surface area contributed by atoms with Crippen molar-refractivity contribution in [1.29, 1.82) is 0 Å². The zero-order valence-corrected chi connectivity index (χ0v) is 9.01. The lowest BCUT2D eigenvalue weighted by molar-refractivity contribution is 0.157. The van der Waals surface area contributed by atoms with E-state index in [0.29, 0.717) is 6.04 Å². The fourth-order valence-electron chi connectivity index (χ4n) is 1.70. The summed E-state index contributed by atoms with van der Waals surface area (Å²) in [5, 5.41) is 3.59. The average Bonchev–Trinajstić information content (AvgIpc) is 2.93. The molecular weight excluding hydrogens is 162 g/mol. The summed E-state index contributed by atoms with van der Waals surface area (Å²) >= 11 is 0. The van der Waals surface area contributed by atoms with E-state index in [-0.39, 0.29) is 0 Å². The van der Waals surface area contributed by atoms with Crippen molar-refractivity contribution in [2.24, 2.45) is 5.92 Å². The maximum atomic E-state index is 5.20. The molecule has 1 aliphatic rings. The molecule has 0 amide bonds. The minimum absolute atomic E-state index is 0.627. The van der Waals surface area contributed by atoms with Gasteiger partial charge in [-0.2, -0.15) is 0 Å². The summed E-state index contributed by atoms with van der Waals surface area (Å²) in [6.07, 6.45) is 6.75. The Morgan fingerprint density at radius 3 is 2.69 bits per heavy atom. The van der Waals surface area contributed by atoms with Crippen molar-refractivity contribution in [1.82, 2.24) is 5.32 Å². The lowest BCUT2D eigenvalue weighted by atomic mass is 10.2. The molecular formula is C11H23NO. The monoisotopic (exact) mass is 185 g/mol. The lowest BCUT2D eigenvalue weighted by Crippen LogP contribution is -2.35. The van der Waals surface area contributed by atoms with E-state index in [1.807, 2.05) is 0 Å². The Kier molecular flexibility index (Phi) is 5.40. The standard InChI is InChI=1S/C11H23NO/c1-3-4-5-8-12-11(9-13-2)10-6-7-10/h10-12H,3-9H2,1-2H3. The van der Waals surface area contributed by atoms with Gasteiger partial charge in [0.1, 0.15) is 0 Å². The Morgan fingerprint density at radius 2 is 2.15 bits per heavy atom. The van der Waals surface area contributed by atoms with E-state index < -0.39 is 0 Å². The molecule has 0 spiro atoms. The molecule has 78 valence electrons. The van der Waals surface area contributed by atoms with Crippen LogP contribution in [0, 0.1) is 5.92 Å². The molecule has 0 bridgehead atoms. The number of unbranched alkanes of at least 4 members (excludes halogenated alkanes) is 2. The van der Waals surface area contributed by atoms with Gasteiger partial charge < -0.3 is 10.1 Å². The van der Waals surface area contributed by atoms with Gasteiger partial charge in [0.15, 0.2) is 0 Å². The van der Waals surface area contributed by atoms with Crippen LogP contribution in [-0.4, -0.2) is 26.3 Å². The fourth-order valence-corrected chi connectivity index (χ4v) is 1.70. The second kappa shape index (κ2) is 6.39. The second-order valence-corrected chi connectivity index (χ2v) is 4.06. The molecule has 13 heavy (non-hydrogen) atoms. The first-order chi connectivity index (χ1) is 6.38. The van der Waals surface area contributed by atoms with E-state index >= 15 is 0 Å². The molecule has 0 saturated heterocycles. The molecule has 1 saturated carbocycles. The topological polar surface area (TPSA) is 21.3 Å². The maximum Gasteiger partial charge on any atom is 0.0618 e. The van der Waals surface area contributed by atoms with E-state index in [1.165, 1.54) is 38.6 Å². The molecule has 1 rings (SSSR count). The highest BCUT2D eigenvalue weighted by molar-refractivity contribution is 4.86. The van der Waals surface area contributed by atoms with Crippen LogP contribution in [0.15, 0.2) is 0 Å². The minimum Gasteiger partial charge on any atom is -0.383 e. The summed E-state index contributed by atoms with van der Waals surface area (Å²) in [6, 6.07) is 0.627. The SMILES string of the molecule is CCCCCNC(COC)C1CC1. The molecule has 1 aliphatic carbocycles. The van der Waals surface area contributed by atoms with Gasteiger partial charge in [0.2, 0.25) is 0 Å². The Morgan fingerprint density at radius 1 is 1.38 bits per heavy atom. The van der Waals surface area contributed by atoms with Gasteiger partial charge in [0.25, 0.3) is 0 Å². The third-order valence-electron chi connectivity index (χ3n) is 2.72. The van der Waals surface area contributed by atoms with Crippen molar-refractivity contribution in [3.05, 3.63) is 0 Å². The van der Waals surface area contributed by atoms with Crippen LogP contribution in [0.4, 0.5) is 0 Å². The first-order valence-corrected chi connectivity index (χ1v) is 5.60. The zero-order valence-electron chi connectivity index (χ0n) is 9.01. The number of ether oxygens (including phenoxy) is 1. The first kappa shape index (κ1) is 11.0. The highest BCUT2D eigenvalue weighted by Crippen LogP contribution is 2.32. The van der Waals surface area contributed by atoms with Gasteiger partial charge in [-0.05, 0) is 31.7 Å². The average molecular weight is 185 g/mol. The van der Waals surface area contributed by atoms with E-state index in [9.17, 15) is 0 Å². The summed E-state index contributed by atoms with van der Waals surface area (Å²) in [6.45, 7) is 4.29. The minimum atomic E-state index is 0.627. The molecule has 0 aromatic carbocycles. The molecule has 2 nitrogen and oxygen atoms in total. The van der Waals surface area contributed by atoms with Crippen LogP contribution in [0.2, 0.25) is 0 Å². The summed E-state index contributed by atoms with van der Waals surface area (Å²) in [4.78, 5) is 0. The van der Waals surface area contributed by atoms with Crippen molar-refractivity contribution in [2.45, 2.75) is 45.1 Å². The molecule has 2 heteroatoms. The van der Waals surface area contributed by atoms with Crippen LogP contribution in [0.1, 0.15) is 39.0 Å². The summed E-state index contributed by atoms with van der Waals surface area (Å²) in [5.41, 5.74) is 0. The van der Waals surface area contributed by atoms with Crippen LogP contribution < -0.4 is 5.32 Å². The van der Waals surface area contributed by atoms with Crippen LogP contribution >= 0.6 is 0 Å². The number of rotatable bonds is 8. The largest absolute Gasteiger partial charge is 0.383 e. The van der Waals surface area contributed by atoms with Crippen molar-refractivity contribution < 1.29 is 4.74 Å². The zero-order chi connectivity index (χ0) is 9.52. The fraction of sp³-hybridized carbons (Fsp3) is 1.00. The first-order valence-electron chi connectivity index (χ1n) is 5.60. The van der Waals surface area contributed by atoms with Gasteiger partial charge >= 0.3 is 0 Å². The predicted molar refractivity (Wildman–Crippen MR) is 55.9 cm³/mol. The quantitative estimate of drug-likeness (QED) is 0.585. The van der Waals surface area contributed by atoms with Gasteiger partial charge in [-0.3, -0.25) is 0 Å². The summed E-state index contributed by atoms with van der Waals surface area (Å²) in [7, 11) is 1.79. The Bertz CT molecular complexity index is 123. The van der Waals surface area contributed by atoms with Gasteiger partial charge in [-0.15, -0.1) is 0 Å². The smallest absolute Gasteiger partial charge is 0.0618 e. The summed E-state index contributed by atoms with van der Waals surface area (Å²) in [5.74, 6) is 0.904. The van der Waals surface area contributed by atoms with Crippen LogP contribution in [0.5, 0.6) is 0 Å². The molecule has 0 aliphatic heterocycles. The number of hydrogen-bond acceptors (Lipinski definition) is 2. The highest BCUT2D eigenvalue weighted by Gasteiger charge is 2.30. The van der Waals surface area contributed by atoms with E-state index in [1.54, 1.807) is 7.11 Å². The van der Waals surface area contributed by atoms with Crippen LogP contribution in [-0.2, 0) is 4.74 Å². The third-order valence-corrected chi connectivity index (χ3v) is 2.72. The normalized spacial score (nSPS) is 18.9. The number of nitrogens with one attached hydrogen (secondary N) is 1. The molecule has 0 heterocycles. The van der Waals surface area contributed by atoms with Gasteiger partial charge in [0, 0.05) is 13.2 Å². The van der Waals surface area contributed by atoms with Crippen LogP contribution in [0.3, 0.4) is 0 Å². The number of hydrogen-bond donors (Lipinski definition) is 1. The predicted octanol–water partition coefficient (Wildman–Crippen LogP) is 2.19. The van der Waals surface area contributed by atoms with Gasteiger partial charge in [-0.1, -0.05) is 19.8 Å². The van der Waals surface area contributed by atoms with Crippen molar-refractivity contribution in [2.75, 3.05) is 20.3 Å². The van der Waals surface area contributed by atoms with Gasteiger partial charge in [-0.25, -0.2) is 0 Å². The van der Waals surface area contributed by atoms with Crippen molar-refractivity contribution >= 4 is 0 Å². The molecule has 0 radical (unpaired) electrons. The Labute approximate surface area is 82.0 Å². The van der Waals surface area contributed by atoms with Gasteiger partial charge in [0.05, 0.1) is 6.61 Å². The third kappa shape index (κ3) is 4.63. The molecule has 1 fully saturated rings. The Hall–Kier alpha value is -0.0800. The Balaban J connectivity index is 2.00. The molecule has 0 aromatic rings. The molecule has 0 aromatic heterocycles. The maximum absolute atomic E-state index is 5.20. The van der Waals surface area contributed by atoms with Crippen molar-refractivity contribution in [3.8, 4) is 0 Å². The van der Waals surface area contributed by atoms with Crippen molar-refractivity contribution in [3.63, 3.8) is 0 Å². The van der Waals surface area contributed by atoms with E-state index in [2.05, 4.69) is 12.2 Å². The summed E-state index contributed by atoms with van der Waals surface area (Å²) < 4.78 is 5.20. The lowest BCUT2D eigenvalue weighted by Gasteiger charge is -2.16.